The van der Waals surface area contributed by atoms with Crippen molar-refractivity contribution in [3.63, 3.8) is 0 Å². The first kappa shape index (κ1) is 17.0. The minimum absolute atomic E-state index is 0.0292. The third-order valence-corrected chi connectivity index (χ3v) is 5.41. The first-order valence-corrected chi connectivity index (χ1v) is 9.74. The zero-order valence-corrected chi connectivity index (χ0v) is 15.5. The molecule has 6 heteroatoms. The van der Waals surface area contributed by atoms with E-state index < -0.39 is 0 Å². The van der Waals surface area contributed by atoms with Gasteiger partial charge in [-0.05, 0) is 48.6 Å². The van der Waals surface area contributed by atoms with Crippen LogP contribution in [0.2, 0.25) is 0 Å². The Morgan fingerprint density at radius 2 is 2.00 bits per heavy atom. The van der Waals surface area contributed by atoms with Crippen molar-refractivity contribution in [2.75, 3.05) is 5.32 Å². The molecule has 142 valence electrons. The van der Waals surface area contributed by atoms with Gasteiger partial charge in [-0.3, -0.25) is 9.78 Å². The lowest BCUT2D eigenvalue weighted by Crippen LogP contribution is -2.25. The Kier molecular flexibility index (Phi) is 4.31. The predicted molar refractivity (Wildman–Crippen MR) is 105 cm³/mol. The van der Waals surface area contributed by atoms with Crippen LogP contribution in [0.3, 0.4) is 0 Å². The molecule has 28 heavy (non-hydrogen) atoms. The molecule has 0 spiro atoms. The van der Waals surface area contributed by atoms with Crippen LogP contribution >= 0.6 is 0 Å². The highest BCUT2D eigenvalue weighted by Gasteiger charge is 2.31. The van der Waals surface area contributed by atoms with Gasteiger partial charge in [0.15, 0.2) is 0 Å². The molecular formula is C22H22N4O2. The average Bonchev–Trinajstić information content (AvgIpc) is 3.46. The molecule has 3 aromatic rings. The number of nitrogens with zero attached hydrogens (tertiary/aromatic N) is 3. The summed E-state index contributed by atoms with van der Waals surface area (Å²) in [5.74, 6) is 2.44. The quantitative estimate of drug-likeness (QED) is 0.714. The summed E-state index contributed by atoms with van der Waals surface area (Å²) in [7, 11) is 0. The molecule has 0 radical (unpaired) electrons. The predicted octanol–water partition coefficient (Wildman–Crippen LogP) is 3.74. The number of pyridine rings is 1. The molecule has 1 aromatic carbocycles. The van der Waals surface area contributed by atoms with Gasteiger partial charge in [-0.1, -0.05) is 18.2 Å². The zero-order valence-electron chi connectivity index (χ0n) is 15.5. The van der Waals surface area contributed by atoms with Crippen LogP contribution in [0.15, 0.2) is 54.9 Å². The third-order valence-electron chi connectivity index (χ3n) is 5.41. The lowest BCUT2D eigenvalue weighted by molar-refractivity contribution is -0.116. The summed E-state index contributed by atoms with van der Waals surface area (Å²) in [6, 6.07) is 13.8. The third kappa shape index (κ3) is 3.50. The molecule has 1 atom stereocenters. The lowest BCUT2D eigenvalue weighted by atomic mass is 9.87. The number of carbonyl (C=O) groups excluding carboxylic acids is 1. The van der Waals surface area contributed by atoms with E-state index in [1.807, 2.05) is 53.3 Å². The van der Waals surface area contributed by atoms with Crippen molar-refractivity contribution in [1.82, 2.24) is 14.8 Å². The minimum Gasteiger partial charge on any atom is -0.487 e. The van der Waals surface area contributed by atoms with Gasteiger partial charge in [0.25, 0.3) is 0 Å². The Morgan fingerprint density at radius 1 is 1.14 bits per heavy atom. The van der Waals surface area contributed by atoms with Crippen molar-refractivity contribution in [3.05, 3.63) is 71.7 Å². The van der Waals surface area contributed by atoms with Crippen LogP contribution in [0, 0.1) is 5.92 Å². The second-order valence-electron chi connectivity index (χ2n) is 7.56. The summed E-state index contributed by atoms with van der Waals surface area (Å²) in [4.78, 5) is 16.6. The fraction of sp³-hybridized carbons (Fsp3) is 0.318. The molecule has 0 saturated heterocycles. The van der Waals surface area contributed by atoms with Crippen LogP contribution in [-0.2, 0) is 17.9 Å². The summed E-state index contributed by atoms with van der Waals surface area (Å²) < 4.78 is 7.78. The van der Waals surface area contributed by atoms with Gasteiger partial charge >= 0.3 is 0 Å². The van der Waals surface area contributed by atoms with Crippen molar-refractivity contribution in [1.29, 1.82) is 0 Å². The summed E-state index contributed by atoms with van der Waals surface area (Å²) in [6.45, 7) is 1.33. The Hall–Kier alpha value is -3.15. The van der Waals surface area contributed by atoms with Gasteiger partial charge in [0, 0.05) is 30.6 Å². The molecule has 3 heterocycles. The summed E-state index contributed by atoms with van der Waals surface area (Å²) in [5.41, 5.74) is 3.10. The fourth-order valence-electron chi connectivity index (χ4n) is 3.69. The molecule has 2 aliphatic rings. The highest BCUT2D eigenvalue weighted by atomic mass is 16.5. The molecule has 1 N–H and O–H groups in total. The molecule has 6 nitrogen and oxygen atoms in total. The molecule has 2 aromatic heterocycles. The maximum atomic E-state index is 12.3. The molecule has 1 amide bonds. The Labute approximate surface area is 163 Å². The Morgan fingerprint density at radius 3 is 2.75 bits per heavy atom. The van der Waals surface area contributed by atoms with Crippen LogP contribution in [0.4, 0.5) is 5.82 Å². The van der Waals surface area contributed by atoms with E-state index in [4.69, 9.17) is 4.74 Å². The van der Waals surface area contributed by atoms with Crippen molar-refractivity contribution < 1.29 is 9.53 Å². The smallest absolute Gasteiger partial charge is 0.226 e. The van der Waals surface area contributed by atoms with E-state index in [1.165, 1.54) is 12.8 Å². The lowest BCUT2D eigenvalue weighted by Gasteiger charge is -2.24. The number of aromatic nitrogens is 3. The molecular weight excluding hydrogens is 352 g/mol. The number of benzene rings is 1. The van der Waals surface area contributed by atoms with Crippen molar-refractivity contribution in [2.45, 2.75) is 38.3 Å². The summed E-state index contributed by atoms with van der Waals surface area (Å²) in [6.07, 6.45) is 6.62. The number of nitrogens with one attached hydrogen (secondary N) is 1. The van der Waals surface area contributed by atoms with Gasteiger partial charge in [0.1, 0.15) is 18.2 Å². The van der Waals surface area contributed by atoms with Gasteiger partial charge in [0.05, 0.1) is 11.9 Å². The molecule has 1 fully saturated rings. The van der Waals surface area contributed by atoms with Crippen LogP contribution in [-0.4, -0.2) is 20.7 Å². The number of amides is 1. The van der Waals surface area contributed by atoms with E-state index in [9.17, 15) is 4.79 Å². The SMILES string of the molecule is O=C1CC(c2ccc(OCc3ccccn3)cc2)c2cnn(CC3CC3)c2N1. The highest BCUT2D eigenvalue weighted by molar-refractivity contribution is 5.94. The molecule has 1 saturated carbocycles. The maximum absolute atomic E-state index is 12.3. The first-order chi connectivity index (χ1) is 13.8. The summed E-state index contributed by atoms with van der Waals surface area (Å²) in [5, 5.41) is 7.56. The average molecular weight is 374 g/mol. The molecule has 0 bridgehead atoms. The second kappa shape index (κ2) is 7.11. The van der Waals surface area contributed by atoms with E-state index in [0.29, 0.717) is 18.9 Å². The van der Waals surface area contributed by atoms with Crippen molar-refractivity contribution in [3.8, 4) is 5.75 Å². The number of anilines is 1. The molecule has 1 aliphatic heterocycles. The highest BCUT2D eigenvalue weighted by Crippen LogP contribution is 2.39. The van der Waals surface area contributed by atoms with Crippen LogP contribution in [0.5, 0.6) is 5.75 Å². The Bertz CT molecular complexity index is 978. The van der Waals surface area contributed by atoms with Gasteiger partial charge in [-0.25, -0.2) is 4.68 Å². The van der Waals surface area contributed by atoms with Gasteiger partial charge in [0.2, 0.25) is 5.91 Å². The van der Waals surface area contributed by atoms with E-state index in [-0.39, 0.29) is 11.8 Å². The van der Waals surface area contributed by atoms with Gasteiger partial charge in [-0.2, -0.15) is 5.10 Å². The minimum atomic E-state index is 0.0292. The van der Waals surface area contributed by atoms with E-state index in [1.54, 1.807) is 6.20 Å². The largest absolute Gasteiger partial charge is 0.487 e. The second-order valence-corrected chi connectivity index (χ2v) is 7.56. The summed E-state index contributed by atoms with van der Waals surface area (Å²) >= 11 is 0. The van der Waals surface area contributed by atoms with Gasteiger partial charge < -0.3 is 10.1 Å². The number of hydrogen-bond donors (Lipinski definition) is 1. The Balaban J connectivity index is 1.33. The zero-order chi connectivity index (χ0) is 18.9. The van der Waals surface area contributed by atoms with Crippen molar-refractivity contribution in [2.24, 2.45) is 5.92 Å². The van der Waals surface area contributed by atoms with Crippen LogP contribution in [0.1, 0.15) is 42.0 Å². The number of carbonyl (C=O) groups is 1. The fourth-order valence-corrected chi connectivity index (χ4v) is 3.69. The van der Waals surface area contributed by atoms with Gasteiger partial charge in [-0.15, -0.1) is 0 Å². The molecule has 1 aliphatic carbocycles. The number of rotatable bonds is 6. The first-order valence-electron chi connectivity index (χ1n) is 9.74. The monoisotopic (exact) mass is 374 g/mol. The number of fused-ring (bicyclic) bond motifs is 1. The van der Waals surface area contributed by atoms with E-state index in [0.717, 1.165) is 34.9 Å². The van der Waals surface area contributed by atoms with E-state index >= 15 is 0 Å². The maximum Gasteiger partial charge on any atom is 0.226 e. The topological polar surface area (TPSA) is 69.0 Å². The normalized spacial score (nSPS) is 18.4. The van der Waals surface area contributed by atoms with Crippen LogP contribution < -0.4 is 10.1 Å². The van der Waals surface area contributed by atoms with Crippen LogP contribution in [0.25, 0.3) is 0 Å². The molecule has 5 rings (SSSR count). The molecule has 1 unspecified atom stereocenters. The van der Waals surface area contributed by atoms with E-state index in [2.05, 4.69) is 15.4 Å². The standard InChI is InChI=1S/C22H22N4O2/c27-21-11-19(20-12-24-26(22(20)25-21)13-15-4-5-15)16-6-8-18(9-7-16)28-14-17-3-1-2-10-23-17/h1-3,6-10,12,15,19H,4-5,11,13-14H2,(H,25,27). The number of hydrogen-bond acceptors (Lipinski definition) is 4. The van der Waals surface area contributed by atoms with Crippen molar-refractivity contribution >= 4 is 11.7 Å². The number of ether oxygens (including phenoxy) is 1.